The lowest BCUT2D eigenvalue weighted by atomic mass is 9.95. The van der Waals surface area contributed by atoms with E-state index in [1.54, 1.807) is 26.2 Å². The van der Waals surface area contributed by atoms with E-state index in [2.05, 4.69) is 23.7 Å². The molecule has 9 heteroatoms. The van der Waals surface area contributed by atoms with E-state index in [0.717, 1.165) is 16.3 Å². The minimum absolute atomic E-state index is 0.0455. The second-order valence-electron chi connectivity index (χ2n) is 9.79. The molecule has 1 saturated heterocycles. The van der Waals surface area contributed by atoms with Crippen LogP contribution in [-0.4, -0.2) is 61.0 Å². The lowest BCUT2D eigenvalue weighted by Crippen LogP contribution is -2.64. The molecule has 0 aliphatic carbocycles. The maximum atomic E-state index is 12.8. The number of fused-ring (bicyclic) bond motifs is 4. The van der Waals surface area contributed by atoms with Crippen molar-refractivity contribution in [1.82, 2.24) is 15.0 Å². The van der Waals surface area contributed by atoms with Crippen molar-refractivity contribution in [2.24, 2.45) is 0 Å². The zero-order chi connectivity index (χ0) is 23.6. The lowest BCUT2D eigenvalue weighted by molar-refractivity contribution is 0.00705. The van der Waals surface area contributed by atoms with Gasteiger partial charge >= 0.3 is 0 Å². The third-order valence-corrected chi connectivity index (χ3v) is 8.84. The Balaban J connectivity index is 1.78. The number of sulfone groups is 1. The van der Waals surface area contributed by atoms with Crippen LogP contribution in [0.4, 0.5) is 5.82 Å². The van der Waals surface area contributed by atoms with Gasteiger partial charge in [-0.1, -0.05) is 12.1 Å². The Morgan fingerprint density at radius 1 is 1.15 bits per heavy atom. The van der Waals surface area contributed by atoms with Crippen LogP contribution in [0.1, 0.15) is 33.4 Å². The molecule has 0 spiro atoms. The highest BCUT2D eigenvalue weighted by atomic mass is 32.2. The van der Waals surface area contributed by atoms with Gasteiger partial charge in [0.1, 0.15) is 17.0 Å². The van der Waals surface area contributed by atoms with E-state index < -0.39 is 20.1 Å². The van der Waals surface area contributed by atoms with Crippen molar-refractivity contribution in [1.29, 1.82) is 0 Å². The van der Waals surface area contributed by atoms with E-state index in [0.29, 0.717) is 42.9 Å². The quantitative estimate of drug-likeness (QED) is 0.578. The fourth-order valence-electron chi connectivity index (χ4n) is 4.60. The molecule has 0 radical (unpaired) electrons. The normalized spacial score (nSPS) is 23.1. The smallest absolute Gasteiger partial charge is 0.185 e. The molecule has 0 bridgehead atoms. The van der Waals surface area contributed by atoms with E-state index in [9.17, 15) is 8.42 Å². The largest absolute Gasteiger partial charge is 0.485 e. The summed E-state index contributed by atoms with van der Waals surface area (Å²) in [7, 11) is -3.50. The van der Waals surface area contributed by atoms with E-state index in [4.69, 9.17) is 19.4 Å². The van der Waals surface area contributed by atoms with Gasteiger partial charge in [0.05, 0.1) is 24.8 Å². The first kappa shape index (κ1) is 22.0. The Bertz CT molecular complexity index is 1360. The second kappa shape index (κ2) is 7.36. The van der Waals surface area contributed by atoms with Crippen LogP contribution in [0.5, 0.6) is 5.75 Å². The van der Waals surface area contributed by atoms with Gasteiger partial charge in [0.2, 0.25) is 0 Å². The number of morpholine rings is 1. The van der Waals surface area contributed by atoms with Crippen molar-refractivity contribution >= 4 is 26.4 Å². The summed E-state index contributed by atoms with van der Waals surface area (Å²) in [5.41, 5.74) is 0.755. The molecule has 0 saturated carbocycles. The summed E-state index contributed by atoms with van der Waals surface area (Å²) < 4.78 is 36.4. The van der Waals surface area contributed by atoms with Crippen molar-refractivity contribution in [3.05, 3.63) is 42.4 Å². The zero-order valence-electron chi connectivity index (χ0n) is 19.5. The van der Waals surface area contributed by atoms with Gasteiger partial charge < -0.3 is 14.4 Å². The van der Waals surface area contributed by atoms with Gasteiger partial charge in [-0.25, -0.2) is 18.4 Å². The number of benzene rings is 1. The summed E-state index contributed by atoms with van der Waals surface area (Å²) in [6.45, 7) is 8.91. The number of pyridine rings is 1. The number of rotatable bonds is 3. The van der Waals surface area contributed by atoms with Crippen LogP contribution in [-0.2, 0) is 19.3 Å². The Hall–Kier alpha value is -2.78. The number of hydrogen-bond donors (Lipinski definition) is 0. The molecule has 4 heterocycles. The maximum Gasteiger partial charge on any atom is 0.185 e. The van der Waals surface area contributed by atoms with Gasteiger partial charge in [0.25, 0.3) is 0 Å². The molecule has 2 aromatic heterocycles. The SMILES string of the molecule is C[C@@H]1COC[C@@]2(C)COc3c(nc(-c4ccc5ccncc5c4)nc3C(C)(C)S(C)(=O)=O)N12. The van der Waals surface area contributed by atoms with Crippen molar-refractivity contribution < 1.29 is 17.9 Å². The van der Waals surface area contributed by atoms with Crippen LogP contribution in [0.3, 0.4) is 0 Å². The number of aromatic nitrogens is 3. The third kappa shape index (κ3) is 3.45. The Labute approximate surface area is 193 Å². The summed E-state index contributed by atoms with van der Waals surface area (Å²) in [6, 6.07) is 7.91. The number of ether oxygens (including phenoxy) is 2. The molecule has 33 heavy (non-hydrogen) atoms. The highest BCUT2D eigenvalue weighted by Crippen LogP contribution is 2.47. The van der Waals surface area contributed by atoms with Crippen molar-refractivity contribution in [3.63, 3.8) is 0 Å². The standard InChI is InChI=1S/C24H28N4O4S/c1-15-12-31-13-24(4)14-32-19-20(23(2,3)33(5,29)30)26-21(27-22(19)28(15)24)17-7-6-16-8-9-25-11-18(16)10-17/h6-11,15H,12-14H2,1-5H3/t15-,24+/m1/s1. The minimum Gasteiger partial charge on any atom is -0.485 e. The van der Waals surface area contributed by atoms with Gasteiger partial charge in [0, 0.05) is 29.6 Å². The molecule has 2 aliphatic heterocycles. The van der Waals surface area contributed by atoms with Crippen molar-refractivity contribution in [2.45, 2.75) is 44.0 Å². The van der Waals surface area contributed by atoms with Crippen molar-refractivity contribution in [3.8, 4) is 17.1 Å². The number of anilines is 1. The van der Waals surface area contributed by atoms with Crippen LogP contribution >= 0.6 is 0 Å². The monoisotopic (exact) mass is 468 g/mol. The molecule has 0 N–H and O–H groups in total. The number of hydrogen-bond acceptors (Lipinski definition) is 8. The molecule has 2 atom stereocenters. The van der Waals surface area contributed by atoms with Crippen LogP contribution in [0.25, 0.3) is 22.2 Å². The molecule has 174 valence electrons. The summed E-state index contributed by atoms with van der Waals surface area (Å²) in [6.07, 6.45) is 4.78. The van der Waals surface area contributed by atoms with Gasteiger partial charge in [-0.3, -0.25) is 4.98 Å². The lowest BCUT2D eigenvalue weighted by Gasteiger charge is -2.52. The first-order valence-electron chi connectivity index (χ1n) is 11.0. The maximum absolute atomic E-state index is 12.8. The van der Waals surface area contributed by atoms with E-state index in [1.807, 2.05) is 24.3 Å². The summed E-state index contributed by atoms with van der Waals surface area (Å²) in [5, 5.41) is 2.02. The zero-order valence-corrected chi connectivity index (χ0v) is 20.3. The Morgan fingerprint density at radius 2 is 1.94 bits per heavy atom. The Kier molecular flexibility index (Phi) is 4.92. The van der Waals surface area contributed by atoms with Crippen LogP contribution < -0.4 is 9.64 Å². The highest BCUT2D eigenvalue weighted by molar-refractivity contribution is 7.91. The van der Waals surface area contributed by atoms with Gasteiger partial charge in [-0.05, 0) is 45.2 Å². The molecule has 0 unspecified atom stereocenters. The fraction of sp³-hybridized carbons (Fsp3) is 0.458. The molecule has 1 aromatic carbocycles. The van der Waals surface area contributed by atoms with Gasteiger partial charge in [0.15, 0.2) is 27.2 Å². The number of nitrogens with zero attached hydrogens (tertiary/aromatic N) is 4. The molecule has 3 aromatic rings. The van der Waals surface area contributed by atoms with Crippen LogP contribution in [0.15, 0.2) is 36.7 Å². The average molecular weight is 469 g/mol. The van der Waals surface area contributed by atoms with E-state index >= 15 is 0 Å². The molecule has 5 rings (SSSR count). The summed E-state index contributed by atoms with van der Waals surface area (Å²) in [4.78, 5) is 16.2. The molecule has 0 amide bonds. The summed E-state index contributed by atoms with van der Waals surface area (Å²) in [5.74, 6) is 1.50. The predicted molar refractivity (Wildman–Crippen MR) is 127 cm³/mol. The van der Waals surface area contributed by atoms with Crippen LogP contribution in [0, 0.1) is 0 Å². The molecule has 2 aliphatic rings. The second-order valence-corrected chi connectivity index (χ2v) is 12.4. The average Bonchev–Trinajstić information content (AvgIpc) is 2.76. The highest BCUT2D eigenvalue weighted by Gasteiger charge is 2.48. The molecular formula is C24H28N4O4S. The molecule has 8 nitrogen and oxygen atoms in total. The van der Waals surface area contributed by atoms with Crippen LogP contribution in [0.2, 0.25) is 0 Å². The fourth-order valence-corrected chi connectivity index (χ4v) is 5.09. The van der Waals surface area contributed by atoms with Gasteiger partial charge in [-0.2, -0.15) is 0 Å². The topological polar surface area (TPSA) is 94.5 Å². The summed E-state index contributed by atoms with van der Waals surface area (Å²) >= 11 is 0. The van der Waals surface area contributed by atoms with Gasteiger partial charge in [-0.15, -0.1) is 0 Å². The van der Waals surface area contributed by atoms with Crippen molar-refractivity contribution in [2.75, 3.05) is 31.0 Å². The molecular weight excluding hydrogens is 440 g/mol. The first-order chi connectivity index (χ1) is 15.5. The Morgan fingerprint density at radius 3 is 2.70 bits per heavy atom. The minimum atomic E-state index is -3.50. The predicted octanol–water partition coefficient (Wildman–Crippen LogP) is 3.35. The van der Waals surface area contributed by atoms with E-state index in [-0.39, 0.29) is 6.04 Å². The first-order valence-corrected chi connectivity index (χ1v) is 12.9. The van der Waals surface area contributed by atoms with E-state index in [1.165, 1.54) is 6.26 Å². The molecule has 1 fully saturated rings. The third-order valence-electron chi connectivity index (χ3n) is 6.79.